The number of fused-ring (bicyclic) bond motifs is 1. The second-order valence-electron chi connectivity index (χ2n) is 9.93. The molecule has 0 aliphatic carbocycles. The van der Waals surface area contributed by atoms with Gasteiger partial charge in [-0.3, -0.25) is 9.69 Å². The van der Waals surface area contributed by atoms with Gasteiger partial charge in [0.2, 0.25) is 10.0 Å². The van der Waals surface area contributed by atoms with Crippen LogP contribution in [0.15, 0.2) is 33.0 Å². The Labute approximate surface area is 240 Å². The van der Waals surface area contributed by atoms with Gasteiger partial charge in [-0.05, 0) is 50.5 Å². The molecule has 12 nitrogen and oxygen atoms in total. The van der Waals surface area contributed by atoms with Gasteiger partial charge in [-0.25, -0.2) is 12.9 Å². The van der Waals surface area contributed by atoms with Crippen molar-refractivity contribution in [3.8, 4) is 17.1 Å². The number of β-amino-alcohol motifs (C(OH)–C–C–N with tert-alkyl or cyclic N) is 1. The number of H-pyrrole nitrogens is 1. The fourth-order valence-corrected chi connectivity index (χ4v) is 6.49. The summed E-state index contributed by atoms with van der Waals surface area (Å²) in [5.41, 5.74) is 2.75. The maximum atomic E-state index is 13.6. The molecule has 0 amide bonds. The predicted molar refractivity (Wildman–Crippen MR) is 157 cm³/mol. The fraction of sp³-hybridized carbons (Fsp3) is 0.536. The normalized spacial score (nSPS) is 15.2. The molecule has 2 N–H and O–H groups in total. The van der Waals surface area contributed by atoms with Crippen molar-refractivity contribution in [2.24, 2.45) is 5.16 Å². The summed E-state index contributed by atoms with van der Waals surface area (Å²) in [5, 5.41) is 18.1. The van der Waals surface area contributed by atoms with Crippen LogP contribution in [0.4, 0.5) is 0 Å². The number of oxime groups is 1. The third-order valence-corrected chi connectivity index (χ3v) is 9.01. The van der Waals surface area contributed by atoms with Gasteiger partial charge in [0, 0.05) is 38.3 Å². The van der Waals surface area contributed by atoms with Gasteiger partial charge in [-0.15, -0.1) is 5.10 Å². The van der Waals surface area contributed by atoms with Gasteiger partial charge in [0.1, 0.15) is 17.9 Å². The van der Waals surface area contributed by atoms with E-state index in [0.717, 1.165) is 29.7 Å². The smallest absolute Gasteiger partial charge is 0.275 e. The summed E-state index contributed by atoms with van der Waals surface area (Å²) >= 11 is 0. The van der Waals surface area contributed by atoms with Crippen LogP contribution >= 0.6 is 0 Å². The van der Waals surface area contributed by atoms with Crippen LogP contribution in [-0.2, 0) is 21.3 Å². The highest BCUT2D eigenvalue weighted by molar-refractivity contribution is 7.89. The van der Waals surface area contributed by atoms with Gasteiger partial charge in [-0.1, -0.05) is 25.4 Å². The van der Waals surface area contributed by atoms with Gasteiger partial charge in [0.05, 0.1) is 35.6 Å². The second kappa shape index (κ2) is 13.6. The molecule has 1 saturated heterocycles. The Bertz CT molecular complexity index is 1540. The van der Waals surface area contributed by atoms with E-state index in [1.807, 2.05) is 32.6 Å². The number of rotatable bonds is 13. The van der Waals surface area contributed by atoms with Crippen molar-refractivity contribution in [3.05, 3.63) is 45.4 Å². The van der Waals surface area contributed by atoms with E-state index in [1.165, 1.54) is 16.4 Å². The Balaban J connectivity index is 1.81. The Morgan fingerprint density at radius 2 is 1.90 bits per heavy atom. The number of aliphatic hydroxyl groups excluding tert-OH is 1. The number of aliphatic hydroxyl groups is 1. The van der Waals surface area contributed by atoms with Crippen molar-refractivity contribution >= 4 is 21.8 Å². The molecule has 0 unspecified atom stereocenters. The van der Waals surface area contributed by atoms with Crippen LogP contribution in [0.5, 0.6) is 5.75 Å². The number of piperazine rings is 1. The number of hydrogen-bond acceptors (Lipinski definition) is 9. The lowest BCUT2D eigenvalue weighted by molar-refractivity contribution is 0.146. The van der Waals surface area contributed by atoms with E-state index in [4.69, 9.17) is 14.7 Å². The third-order valence-electron chi connectivity index (χ3n) is 7.11. The Morgan fingerprint density at radius 1 is 1.15 bits per heavy atom. The molecule has 0 spiro atoms. The largest absolute Gasteiger partial charge is 0.493 e. The van der Waals surface area contributed by atoms with E-state index >= 15 is 0 Å². The molecule has 1 aliphatic heterocycles. The first-order valence-corrected chi connectivity index (χ1v) is 15.6. The number of aromatic nitrogens is 3. The predicted octanol–water partition coefficient (Wildman–Crippen LogP) is 2.41. The highest BCUT2D eigenvalue weighted by atomic mass is 32.2. The summed E-state index contributed by atoms with van der Waals surface area (Å²) in [5.74, 6) is 0.617. The highest BCUT2D eigenvalue weighted by Crippen LogP contribution is 2.32. The summed E-state index contributed by atoms with van der Waals surface area (Å²) in [6.45, 7) is 10.8. The molecule has 3 heterocycles. The van der Waals surface area contributed by atoms with Crippen LogP contribution in [-0.4, -0.2) is 96.1 Å². The summed E-state index contributed by atoms with van der Waals surface area (Å²) in [6, 6.07) is 4.64. The second-order valence-corrected chi connectivity index (χ2v) is 11.9. The number of aryl methyl sites for hydroxylation is 2. The van der Waals surface area contributed by atoms with Gasteiger partial charge in [0.25, 0.3) is 5.56 Å². The first-order valence-electron chi connectivity index (χ1n) is 14.2. The zero-order valence-electron chi connectivity index (χ0n) is 24.2. The maximum absolute atomic E-state index is 13.6. The molecule has 1 aromatic carbocycles. The molecule has 1 aliphatic rings. The maximum Gasteiger partial charge on any atom is 0.275 e. The van der Waals surface area contributed by atoms with Gasteiger partial charge in [0.15, 0.2) is 5.82 Å². The molecule has 0 radical (unpaired) electrons. The van der Waals surface area contributed by atoms with E-state index in [0.29, 0.717) is 69.2 Å². The Kier molecular flexibility index (Phi) is 10.2. The monoisotopic (exact) mass is 588 g/mol. The van der Waals surface area contributed by atoms with E-state index in [9.17, 15) is 18.3 Å². The molecule has 2 aromatic heterocycles. The molecule has 224 valence electrons. The summed E-state index contributed by atoms with van der Waals surface area (Å²) in [4.78, 5) is 23.7. The zero-order chi connectivity index (χ0) is 29.6. The number of nitrogens with zero attached hydrogens (tertiary/aromatic N) is 5. The average molecular weight is 589 g/mol. The van der Waals surface area contributed by atoms with Crippen LogP contribution in [0.3, 0.4) is 0 Å². The summed E-state index contributed by atoms with van der Waals surface area (Å²) in [6.07, 6.45) is 3.92. The van der Waals surface area contributed by atoms with Crippen molar-refractivity contribution in [1.82, 2.24) is 23.8 Å². The topological polar surface area (TPSA) is 142 Å². The molecule has 0 saturated carbocycles. The van der Waals surface area contributed by atoms with Crippen molar-refractivity contribution < 1.29 is 23.1 Å². The molecular formula is C28H40N6O6S. The average Bonchev–Trinajstić information content (AvgIpc) is 3.22. The molecule has 13 heteroatoms. The van der Waals surface area contributed by atoms with E-state index in [1.54, 1.807) is 16.8 Å². The molecule has 0 bridgehead atoms. The Hall–Kier alpha value is -3.26. The first-order chi connectivity index (χ1) is 19.8. The number of nitrogens with one attached hydrogen (secondary N) is 1. The van der Waals surface area contributed by atoms with Crippen molar-refractivity contribution in [1.29, 1.82) is 0 Å². The SMILES string of the molecule is CCCO/N=C/c1c(C)c2c(=O)[nH]c(-c3cc(S(=O)(=O)N4CCN(CCO)CC4)ccc3OCC)nn2c1CCC. The lowest BCUT2D eigenvalue weighted by Crippen LogP contribution is -2.49. The number of ether oxygens (including phenoxy) is 1. The fourth-order valence-electron chi connectivity index (χ4n) is 5.04. The summed E-state index contributed by atoms with van der Waals surface area (Å²) in [7, 11) is -3.82. The van der Waals surface area contributed by atoms with Crippen molar-refractivity contribution in [3.63, 3.8) is 0 Å². The van der Waals surface area contributed by atoms with Crippen LogP contribution in [0.25, 0.3) is 16.9 Å². The van der Waals surface area contributed by atoms with Gasteiger partial charge >= 0.3 is 0 Å². The number of sulfonamides is 1. The molecule has 3 aromatic rings. The molecule has 41 heavy (non-hydrogen) atoms. The quantitative estimate of drug-likeness (QED) is 0.176. The lowest BCUT2D eigenvalue weighted by atomic mass is 10.1. The number of aromatic amines is 1. The molecule has 4 rings (SSSR count). The van der Waals surface area contributed by atoms with Crippen molar-refractivity contribution in [2.75, 3.05) is 52.5 Å². The lowest BCUT2D eigenvalue weighted by Gasteiger charge is -2.33. The van der Waals surface area contributed by atoms with E-state index in [-0.39, 0.29) is 22.9 Å². The van der Waals surface area contributed by atoms with Crippen LogP contribution in [0, 0.1) is 6.92 Å². The minimum absolute atomic E-state index is 0.0341. The van der Waals surface area contributed by atoms with Crippen LogP contribution in [0.2, 0.25) is 0 Å². The first kappa shape index (κ1) is 30.7. The molecular weight excluding hydrogens is 548 g/mol. The summed E-state index contributed by atoms with van der Waals surface area (Å²) < 4.78 is 36.1. The Morgan fingerprint density at radius 3 is 2.56 bits per heavy atom. The highest BCUT2D eigenvalue weighted by Gasteiger charge is 2.30. The number of hydrogen-bond donors (Lipinski definition) is 2. The van der Waals surface area contributed by atoms with E-state index in [2.05, 4.69) is 10.1 Å². The van der Waals surface area contributed by atoms with Gasteiger partial charge in [-0.2, -0.15) is 4.31 Å². The van der Waals surface area contributed by atoms with Crippen molar-refractivity contribution in [2.45, 2.75) is 51.9 Å². The molecule has 1 fully saturated rings. The minimum atomic E-state index is -3.82. The van der Waals surface area contributed by atoms with Crippen LogP contribution in [0.1, 0.15) is 50.4 Å². The number of benzene rings is 1. The van der Waals surface area contributed by atoms with E-state index < -0.39 is 10.0 Å². The van der Waals surface area contributed by atoms with Gasteiger partial charge < -0.3 is 19.7 Å². The third kappa shape index (κ3) is 6.48. The van der Waals surface area contributed by atoms with Crippen LogP contribution < -0.4 is 10.3 Å². The minimum Gasteiger partial charge on any atom is -0.493 e. The standard InChI is InChI=1S/C28H40N6O6S/c1-5-8-24-23(19-29-40-17-6-2)20(4)26-28(36)30-27(31-34(24)26)22-18-21(9-10-25(22)39-7-3)41(37,38)33-13-11-32(12-14-33)15-16-35/h9-10,18-19,35H,5-8,11-17H2,1-4H3,(H,30,31,36)/b29-19+. The molecule has 0 atom stereocenters. The zero-order valence-corrected chi connectivity index (χ0v) is 25.0.